The van der Waals surface area contributed by atoms with Crippen molar-refractivity contribution in [3.63, 3.8) is 0 Å². The maximum absolute atomic E-state index is 5.38. The van der Waals surface area contributed by atoms with Crippen molar-refractivity contribution in [3.05, 3.63) is 28.2 Å². The molecule has 0 saturated heterocycles. The van der Waals surface area contributed by atoms with Gasteiger partial charge in [-0.25, -0.2) is 0 Å². The number of nitrogens with one attached hydrogen (secondary N) is 1. The summed E-state index contributed by atoms with van der Waals surface area (Å²) in [5, 5.41) is 3.37. The highest BCUT2D eigenvalue weighted by Crippen LogP contribution is 2.48. The van der Waals surface area contributed by atoms with Crippen molar-refractivity contribution >= 4 is 15.9 Å². The number of benzene rings is 1. The van der Waals surface area contributed by atoms with Crippen LogP contribution in [-0.2, 0) is 5.54 Å². The lowest BCUT2D eigenvalue weighted by atomic mass is 10.0. The van der Waals surface area contributed by atoms with Crippen LogP contribution < -0.4 is 10.1 Å². The highest BCUT2D eigenvalue weighted by molar-refractivity contribution is 9.10. The van der Waals surface area contributed by atoms with Crippen molar-refractivity contribution in [1.29, 1.82) is 0 Å². The van der Waals surface area contributed by atoms with Crippen molar-refractivity contribution in [2.75, 3.05) is 14.2 Å². The molecule has 76 valence electrons. The van der Waals surface area contributed by atoms with E-state index in [4.69, 9.17) is 4.74 Å². The van der Waals surface area contributed by atoms with Gasteiger partial charge in [-0.1, -0.05) is 22.0 Å². The van der Waals surface area contributed by atoms with Crippen LogP contribution in [0.2, 0.25) is 0 Å². The predicted molar refractivity (Wildman–Crippen MR) is 60.7 cm³/mol. The maximum atomic E-state index is 5.38. The molecular formula is C11H14BrNO. The predicted octanol–water partition coefficient (Wildman–Crippen LogP) is 2.67. The molecule has 2 nitrogen and oxygen atoms in total. The lowest BCUT2D eigenvalue weighted by molar-refractivity contribution is 0.399. The van der Waals surface area contributed by atoms with Gasteiger partial charge in [-0.2, -0.15) is 0 Å². The number of hydrogen-bond donors (Lipinski definition) is 1. The molecule has 1 fully saturated rings. The third-order valence-electron chi connectivity index (χ3n) is 2.91. The van der Waals surface area contributed by atoms with Gasteiger partial charge in [0.15, 0.2) is 0 Å². The van der Waals surface area contributed by atoms with E-state index in [1.165, 1.54) is 18.4 Å². The molecule has 0 bridgehead atoms. The summed E-state index contributed by atoms with van der Waals surface area (Å²) in [6, 6.07) is 6.22. The van der Waals surface area contributed by atoms with Gasteiger partial charge in [-0.3, -0.25) is 0 Å². The summed E-state index contributed by atoms with van der Waals surface area (Å²) in [6.45, 7) is 0. The summed E-state index contributed by atoms with van der Waals surface area (Å²) in [4.78, 5) is 0. The van der Waals surface area contributed by atoms with Crippen molar-refractivity contribution in [3.8, 4) is 5.75 Å². The molecule has 1 aliphatic rings. The first kappa shape index (κ1) is 9.99. The molecule has 3 heteroatoms. The molecule has 0 radical (unpaired) electrons. The monoisotopic (exact) mass is 255 g/mol. The standard InChI is InChI=1S/C11H14BrNO/c1-13-11(5-6-11)9-4-3-8(12)7-10(9)14-2/h3-4,7,13H,5-6H2,1-2H3. The van der Waals surface area contributed by atoms with Crippen molar-refractivity contribution in [2.45, 2.75) is 18.4 Å². The van der Waals surface area contributed by atoms with E-state index in [-0.39, 0.29) is 5.54 Å². The molecular weight excluding hydrogens is 242 g/mol. The Morgan fingerprint density at radius 1 is 1.43 bits per heavy atom. The minimum atomic E-state index is 0.173. The van der Waals surface area contributed by atoms with Crippen LogP contribution in [0, 0.1) is 0 Å². The van der Waals surface area contributed by atoms with Crippen LogP contribution in [0.5, 0.6) is 5.75 Å². The number of rotatable bonds is 3. The lowest BCUT2D eigenvalue weighted by Gasteiger charge is -2.18. The first-order valence-electron chi connectivity index (χ1n) is 4.75. The Balaban J connectivity index is 2.42. The minimum absolute atomic E-state index is 0.173. The molecule has 1 aliphatic carbocycles. The van der Waals surface area contributed by atoms with Gasteiger partial charge in [0.2, 0.25) is 0 Å². The van der Waals surface area contributed by atoms with Crippen LogP contribution >= 0.6 is 15.9 Å². The van der Waals surface area contributed by atoms with E-state index in [1.54, 1.807) is 7.11 Å². The molecule has 1 saturated carbocycles. The lowest BCUT2D eigenvalue weighted by Crippen LogP contribution is -2.25. The van der Waals surface area contributed by atoms with E-state index in [0.29, 0.717) is 0 Å². The second kappa shape index (κ2) is 3.55. The van der Waals surface area contributed by atoms with Gasteiger partial charge in [0.1, 0.15) is 5.75 Å². The van der Waals surface area contributed by atoms with Gasteiger partial charge < -0.3 is 10.1 Å². The fourth-order valence-electron chi connectivity index (χ4n) is 1.84. The smallest absolute Gasteiger partial charge is 0.125 e. The maximum Gasteiger partial charge on any atom is 0.125 e. The summed E-state index contributed by atoms with van der Waals surface area (Å²) in [5.74, 6) is 0.964. The Bertz CT molecular complexity index is 347. The van der Waals surface area contributed by atoms with Gasteiger partial charge >= 0.3 is 0 Å². The molecule has 1 aromatic rings. The summed E-state index contributed by atoms with van der Waals surface area (Å²) >= 11 is 3.45. The van der Waals surface area contributed by atoms with Gasteiger partial charge in [-0.05, 0) is 32.0 Å². The Kier molecular flexibility index (Phi) is 2.54. The van der Waals surface area contributed by atoms with Crippen LogP contribution in [0.25, 0.3) is 0 Å². The van der Waals surface area contributed by atoms with Crippen LogP contribution in [0.1, 0.15) is 18.4 Å². The molecule has 2 rings (SSSR count). The quantitative estimate of drug-likeness (QED) is 0.897. The van der Waals surface area contributed by atoms with Gasteiger partial charge in [0.25, 0.3) is 0 Å². The zero-order valence-electron chi connectivity index (χ0n) is 8.43. The molecule has 0 amide bonds. The van der Waals surface area contributed by atoms with E-state index in [2.05, 4.69) is 33.4 Å². The van der Waals surface area contributed by atoms with E-state index >= 15 is 0 Å². The van der Waals surface area contributed by atoms with E-state index < -0.39 is 0 Å². The minimum Gasteiger partial charge on any atom is -0.496 e. The fourth-order valence-corrected chi connectivity index (χ4v) is 2.18. The second-order valence-electron chi connectivity index (χ2n) is 3.68. The average Bonchev–Trinajstić information content (AvgIpc) is 2.98. The Labute approximate surface area is 92.8 Å². The SMILES string of the molecule is CNC1(c2ccc(Br)cc2OC)CC1. The topological polar surface area (TPSA) is 21.3 Å². The van der Waals surface area contributed by atoms with Gasteiger partial charge in [0, 0.05) is 15.6 Å². The van der Waals surface area contributed by atoms with Crippen molar-refractivity contribution < 1.29 is 4.74 Å². The second-order valence-corrected chi connectivity index (χ2v) is 4.59. The van der Waals surface area contributed by atoms with Crippen LogP contribution in [0.3, 0.4) is 0 Å². The van der Waals surface area contributed by atoms with Crippen LogP contribution in [0.4, 0.5) is 0 Å². The van der Waals surface area contributed by atoms with E-state index in [0.717, 1.165) is 10.2 Å². The van der Waals surface area contributed by atoms with Gasteiger partial charge in [0.05, 0.1) is 7.11 Å². The highest BCUT2D eigenvalue weighted by Gasteiger charge is 2.44. The number of hydrogen-bond acceptors (Lipinski definition) is 2. The number of ether oxygens (including phenoxy) is 1. The number of halogens is 1. The van der Waals surface area contributed by atoms with Crippen molar-refractivity contribution in [1.82, 2.24) is 5.32 Å². The molecule has 0 aliphatic heterocycles. The van der Waals surface area contributed by atoms with E-state index in [9.17, 15) is 0 Å². The molecule has 1 N–H and O–H groups in total. The first-order chi connectivity index (χ1) is 6.72. The summed E-state index contributed by atoms with van der Waals surface area (Å²) < 4.78 is 6.44. The molecule has 0 unspecified atom stereocenters. The summed E-state index contributed by atoms with van der Waals surface area (Å²) in [6.07, 6.45) is 2.39. The largest absolute Gasteiger partial charge is 0.496 e. The van der Waals surface area contributed by atoms with Crippen molar-refractivity contribution in [2.24, 2.45) is 0 Å². The van der Waals surface area contributed by atoms with Crippen LogP contribution in [-0.4, -0.2) is 14.2 Å². The van der Waals surface area contributed by atoms with Gasteiger partial charge in [-0.15, -0.1) is 0 Å². The third kappa shape index (κ3) is 1.55. The zero-order valence-corrected chi connectivity index (χ0v) is 10.0. The molecule has 14 heavy (non-hydrogen) atoms. The summed E-state index contributed by atoms with van der Waals surface area (Å²) in [7, 11) is 3.73. The average molecular weight is 256 g/mol. The molecule has 0 atom stereocenters. The van der Waals surface area contributed by atoms with Crippen LogP contribution in [0.15, 0.2) is 22.7 Å². The normalized spacial score (nSPS) is 17.9. The molecule has 1 aromatic carbocycles. The Morgan fingerprint density at radius 3 is 2.64 bits per heavy atom. The Hall–Kier alpha value is -0.540. The fraction of sp³-hybridized carbons (Fsp3) is 0.455. The molecule has 0 spiro atoms. The summed E-state index contributed by atoms with van der Waals surface area (Å²) in [5.41, 5.74) is 1.44. The zero-order chi connectivity index (χ0) is 10.2. The molecule has 0 aromatic heterocycles. The third-order valence-corrected chi connectivity index (χ3v) is 3.40. The Morgan fingerprint density at radius 2 is 2.14 bits per heavy atom. The number of methoxy groups -OCH3 is 1. The first-order valence-corrected chi connectivity index (χ1v) is 5.54. The highest BCUT2D eigenvalue weighted by atomic mass is 79.9. The van der Waals surface area contributed by atoms with E-state index in [1.807, 2.05) is 13.1 Å². The molecule has 0 heterocycles.